The van der Waals surface area contributed by atoms with Crippen LogP contribution in [-0.4, -0.2) is 26.2 Å². The minimum atomic E-state index is -3.87. The molecule has 0 aliphatic rings. The summed E-state index contributed by atoms with van der Waals surface area (Å²) in [4.78, 5) is 23.6. The molecule has 0 fully saturated rings. The number of nitrogens with one attached hydrogen (secondary N) is 2. The summed E-state index contributed by atoms with van der Waals surface area (Å²) in [6, 6.07) is 12.0. The standard InChI is InChI=1S/C19H22N2O4S/c1-4-15-6-5-7-17(12-15)20-19(23)13(2)21-26(24,25)18-10-8-16(9-11-18)14(3)22/h5-13,21H,4H2,1-3H3,(H,20,23). The highest BCUT2D eigenvalue weighted by atomic mass is 32.2. The van der Waals surface area contributed by atoms with E-state index in [0.717, 1.165) is 12.0 Å². The van der Waals surface area contributed by atoms with Crippen LogP contribution in [0.5, 0.6) is 0 Å². The number of carbonyl (C=O) groups excluding carboxylic acids is 2. The highest BCUT2D eigenvalue weighted by Gasteiger charge is 2.22. The zero-order valence-corrected chi connectivity index (χ0v) is 15.8. The molecule has 26 heavy (non-hydrogen) atoms. The summed E-state index contributed by atoms with van der Waals surface area (Å²) in [6.45, 7) is 4.89. The Labute approximate surface area is 153 Å². The van der Waals surface area contributed by atoms with Crippen molar-refractivity contribution in [2.24, 2.45) is 0 Å². The van der Waals surface area contributed by atoms with Gasteiger partial charge < -0.3 is 5.32 Å². The maximum absolute atomic E-state index is 12.4. The molecule has 0 heterocycles. The predicted octanol–water partition coefficient (Wildman–Crippen LogP) is 2.76. The molecule has 0 aliphatic heterocycles. The van der Waals surface area contributed by atoms with E-state index in [1.807, 2.05) is 25.1 Å². The quantitative estimate of drug-likeness (QED) is 0.729. The third kappa shape index (κ3) is 5.00. The van der Waals surface area contributed by atoms with Gasteiger partial charge in [-0.1, -0.05) is 31.2 Å². The Balaban J connectivity index is 2.07. The van der Waals surface area contributed by atoms with Crippen LogP contribution in [0, 0.1) is 0 Å². The highest BCUT2D eigenvalue weighted by molar-refractivity contribution is 7.89. The van der Waals surface area contributed by atoms with Gasteiger partial charge in [0.15, 0.2) is 5.78 Å². The molecule has 2 rings (SSSR count). The van der Waals surface area contributed by atoms with E-state index in [1.54, 1.807) is 6.07 Å². The molecular weight excluding hydrogens is 352 g/mol. The third-order valence-electron chi connectivity index (χ3n) is 3.90. The summed E-state index contributed by atoms with van der Waals surface area (Å²) in [5, 5.41) is 2.70. The van der Waals surface area contributed by atoms with Crippen molar-refractivity contribution in [3.05, 3.63) is 59.7 Å². The van der Waals surface area contributed by atoms with Gasteiger partial charge in [0.2, 0.25) is 15.9 Å². The maximum Gasteiger partial charge on any atom is 0.242 e. The molecule has 6 nitrogen and oxygen atoms in total. The molecule has 0 saturated carbocycles. The predicted molar refractivity (Wildman–Crippen MR) is 101 cm³/mol. The summed E-state index contributed by atoms with van der Waals surface area (Å²) >= 11 is 0. The molecule has 2 N–H and O–H groups in total. The molecule has 0 aliphatic carbocycles. The lowest BCUT2D eigenvalue weighted by atomic mass is 10.1. The summed E-state index contributed by atoms with van der Waals surface area (Å²) in [7, 11) is -3.87. The van der Waals surface area contributed by atoms with E-state index in [0.29, 0.717) is 11.3 Å². The van der Waals surface area contributed by atoms with Gasteiger partial charge in [-0.25, -0.2) is 8.42 Å². The number of hydrogen-bond donors (Lipinski definition) is 2. The Hall–Kier alpha value is -2.51. The van der Waals surface area contributed by atoms with E-state index in [-0.39, 0.29) is 10.7 Å². The molecule has 0 aromatic heterocycles. The third-order valence-corrected chi connectivity index (χ3v) is 5.46. The van der Waals surface area contributed by atoms with Crippen LogP contribution in [0.2, 0.25) is 0 Å². The molecule has 1 unspecified atom stereocenters. The first-order chi connectivity index (χ1) is 12.2. The number of benzene rings is 2. The van der Waals surface area contributed by atoms with Crippen LogP contribution >= 0.6 is 0 Å². The smallest absolute Gasteiger partial charge is 0.242 e. The van der Waals surface area contributed by atoms with Gasteiger partial charge >= 0.3 is 0 Å². The van der Waals surface area contributed by atoms with Crippen molar-refractivity contribution in [3.63, 3.8) is 0 Å². The second-order valence-electron chi connectivity index (χ2n) is 5.97. The summed E-state index contributed by atoms with van der Waals surface area (Å²) in [5.74, 6) is -0.605. The first-order valence-corrected chi connectivity index (χ1v) is 9.74. The number of carbonyl (C=O) groups is 2. The van der Waals surface area contributed by atoms with E-state index >= 15 is 0 Å². The minimum absolute atomic E-state index is 0.00451. The number of ketones is 1. The van der Waals surface area contributed by atoms with E-state index in [4.69, 9.17) is 0 Å². The van der Waals surface area contributed by atoms with Gasteiger partial charge in [0.1, 0.15) is 0 Å². The van der Waals surface area contributed by atoms with Crippen molar-refractivity contribution in [1.29, 1.82) is 0 Å². The second-order valence-corrected chi connectivity index (χ2v) is 7.68. The average Bonchev–Trinajstić information content (AvgIpc) is 2.61. The lowest BCUT2D eigenvalue weighted by Gasteiger charge is -2.15. The number of hydrogen-bond acceptors (Lipinski definition) is 4. The Kier molecular flexibility index (Phi) is 6.28. The topological polar surface area (TPSA) is 92.3 Å². The molecular formula is C19H22N2O4S. The van der Waals surface area contributed by atoms with Crippen molar-refractivity contribution in [2.75, 3.05) is 5.32 Å². The Bertz CT molecular complexity index is 905. The van der Waals surface area contributed by atoms with Crippen LogP contribution in [0.1, 0.15) is 36.7 Å². The molecule has 2 aromatic rings. The van der Waals surface area contributed by atoms with Crippen molar-refractivity contribution in [2.45, 2.75) is 38.1 Å². The van der Waals surface area contributed by atoms with E-state index in [2.05, 4.69) is 10.0 Å². The fraction of sp³-hybridized carbons (Fsp3) is 0.263. The Morgan fingerprint density at radius 3 is 2.31 bits per heavy atom. The van der Waals surface area contributed by atoms with Crippen LogP contribution in [-0.2, 0) is 21.2 Å². The van der Waals surface area contributed by atoms with Crippen LogP contribution in [0.25, 0.3) is 0 Å². The van der Waals surface area contributed by atoms with Gasteiger partial charge in [-0.2, -0.15) is 4.72 Å². The van der Waals surface area contributed by atoms with E-state index in [9.17, 15) is 18.0 Å². The Morgan fingerprint density at radius 2 is 1.73 bits per heavy atom. The molecule has 1 amide bonds. The maximum atomic E-state index is 12.4. The zero-order chi connectivity index (χ0) is 19.3. The number of sulfonamides is 1. The Morgan fingerprint density at radius 1 is 1.08 bits per heavy atom. The first kappa shape index (κ1) is 19.8. The van der Waals surface area contributed by atoms with E-state index < -0.39 is 22.0 Å². The fourth-order valence-corrected chi connectivity index (χ4v) is 3.55. The van der Waals surface area contributed by atoms with Crippen molar-refractivity contribution < 1.29 is 18.0 Å². The summed E-state index contributed by atoms with van der Waals surface area (Å²) < 4.78 is 27.2. The van der Waals surface area contributed by atoms with Gasteiger partial charge in [0.05, 0.1) is 10.9 Å². The summed E-state index contributed by atoms with van der Waals surface area (Å²) in [6.07, 6.45) is 0.835. The molecule has 7 heteroatoms. The molecule has 2 aromatic carbocycles. The SMILES string of the molecule is CCc1cccc(NC(=O)C(C)NS(=O)(=O)c2ccc(C(C)=O)cc2)c1. The normalized spacial score (nSPS) is 12.4. The molecule has 0 radical (unpaired) electrons. The second kappa shape index (κ2) is 8.25. The average molecular weight is 374 g/mol. The van der Waals surface area contributed by atoms with E-state index in [1.165, 1.54) is 38.1 Å². The monoisotopic (exact) mass is 374 g/mol. The van der Waals surface area contributed by atoms with Crippen LogP contribution in [0.15, 0.2) is 53.4 Å². The first-order valence-electron chi connectivity index (χ1n) is 8.26. The molecule has 0 saturated heterocycles. The van der Waals surface area contributed by atoms with Gasteiger partial charge in [-0.3, -0.25) is 9.59 Å². The lowest BCUT2D eigenvalue weighted by Crippen LogP contribution is -2.41. The van der Waals surface area contributed by atoms with Crippen LogP contribution < -0.4 is 10.0 Å². The van der Waals surface area contributed by atoms with Crippen LogP contribution in [0.4, 0.5) is 5.69 Å². The van der Waals surface area contributed by atoms with Gasteiger partial charge in [0.25, 0.3) is 0 Å². The van der Waals surface area contributed by atoms with Gasteiger partial charge in [-0.15, -0.1) is 0 Å². The van der Waals surface area contributed by atoms with Gasteiger partial charge in [-0.05, 0) is 50.1 Å². The van der Waals surface area contributed by atoms with Crippen molar-refractivity contribution in [1.82, 2.24) is 4.72 Å². The molecule has 0 bridgehead atoms. The number of rotatable bonds is 7. The van der Waals surface area contributed by atoms with Crippen molar-refractivity contribution in [3.8, 4) is 0 Å². The minimum Gasteiger partial charge on any atom is -0.325 e. The molecule has 1 atom stereocenters. The molecule has 0 spiro atoms. The number of aryl methyl sites for hydroxylation is 1. The number of anilines is 1. The summed E-state index contributed by atoms with van der Waals surface area (Å²) in [5.41, 5.74) is 2.11. The number of amides is 1. The lowest BCUT2D eigenvalue weighted by molar-refractivity contribution is -0.117. The molecule has 138 valence electrons. The van der Waals surface area contributed by atoms with Crippen molar-refractivity contribution >= 4 is 27.4 Å². The highest BCUT2D eigenvalue weighted by Crippen LogP contribution is 2.14. The van der Waals surface area contributed by atoms with Gasteiger partial charge in [0, 0.05) is 11.3 Å². The van der Waals surface area contributed by atoms with Crippen LogP contribution in [0.3, 0.4) is 0 Å². The fourth-order valence-electron chi connectivity index (χ4n) is 2.34. The largest absolute Gasteiger partial charge is 0.325 e. The number of Topliss-reactive ketones (excluding diaryl/α,β-unsaturated/α-hetero) is 1. The zero-order valence-electron chi connectivity index (χ0n) is 14.9.